The molecule has 3 heterocycles. The van der Waals surface area contributed by atoms with E-state index in [1.54, 1.807) is 0 Å². The fourth-order valence-electron chi connectivity index (χ4n) is 3.48. The summed E-state index contributed by atoms with van der Waals surface area (Å²) in [7, 11) is 0. The smallest absolute Gasteiger partial charge is 0.215 e. The van der Waals surface area contributed by atoms with E-state index >= 15 is 0 Å². The molecule has 19 heavy (non-hydrogen) atoms. The minimum absolute atomic E-state index is 0.405. The first-order valence-electron chi connectivity index (χ1n) is 7.52. The number of rotatable bonds is 3. The first-order chi connectivity index (χ1) is 9.40. The van der Waals surface area contributed by atoms with E-state index in [4.69, 9.17) is 4.74 Å². The van der Waals surface area contributed by atoms with Crippen LogP contribution in [0, 0.1) is 0 Å². The molecule has 4 heteroatoms. The van der Waals surface area contributed by atoms with E-state index in [1.807, 2.05) is 6.20 Å². The lowest BCUT2D eigenvalue weighted by atomic mass is 9.96. The van der Waals surface area contributed by atoms with Crippen molar-refractivity contribution in [3.63, 3.8) is 0 Å². The summed E-state index contributed by atoms with van der Waals surface area (Å²) < 4.78 is 5.92. The van der Waals surface area contributed by atoms with Gasteiger partial charge in [0, 0.05) is 43.1 Å². The summed E-state index contributed by atoms with van der Waals surface area (Å²) in [6.45, 7) is 2.22. The molecule has 1 saturated carbocycles. The predicted molar refractivity (Wildman–Crippen MR) is 74.7 cm³/mol. The number of fused-ring (bicyclic) bond motifs is 2. The van der Waals surface area contributed by atoms with E-state index in [9.17, 15) is 0 Å². The number of anilines is 1. The highest BCUT2D eigenvalue weighted by molar-refractivity contribution is 5.52. The van der Waals surface area contributed by atoms with Crippen LogP contribution in [0.3, 0.4) is 0 Å². The summed E-state index contributed by atoms with van der Waals surface area (Å²) in [5.41, 5.74) is 1.29. The van der Waals surface area contributed by atoms with Crippen molar-refractivity contribution in [3.05, 3.63) is 18.3 Å². The van der Waals surface area contributed by atoms with Gasteiger partial charge in [-0.1, -0.05) is 0 Å². The average Bonchev–Trinajstić information content (AvgIpc) is 2.64. The van der Waals surface area contributed by atoms with Crippen LogP contribution in [0.15, 0.2) is 18.3 Å². The maximum absolute atomic E-state index is 5.92. The molecule has 2 atom stereocenters. The van der Waals surface area contributed by atoms with Crippen LogP contribution in [-0.4, -0.2) is 36.3 Å². The summed E-state index contributed by atoms with van der Waals surface area (Å²) in [5, 5.41) is 3.52. The SMILES string of the molecule is c1cc(N2C3CCC2CNC3)cc(OC2CCC2)n1. The van der Waals surface area contributed by atoms with Crippen LogP contribution in [0.5, 0.6) is 5.88 Å². The molecular weight excluding hydrogens is 238 g/mol. The fraction of sp³-hybridized carbons (Fsp3) is 0.667. The van der Waals surface area contributed by atoms with E-state index in [0.717, 1.165) is 19.0 Å². The lowest BCUT2D eigenvalue weighted by Crippen LogP contribution is -2.52. The van der Waals surface area contributed by atoms with E-state index < -0.39 is 0 Å². The Balaban J connectivity index is 1.55. The second-order valence-electron chi connectivity index (χ2n) is 5.97. The molecule has 1 aliphatic carbocycles. The van der Waals surface area contributed by atoms with Crippen LogP contribution in [0.4, 0.5) is 5.69 Å². The monoisotopic (exact) mass is 259 g/mol. The number of piperazine rings is 1. The molecule has 102 valence electrons. The Bertz CT molecular complexity index is 444. The van der Waals surface area contributed by atoms with Gasteiger partial charge in [-0.05, 0) is 38.2 Å². The topological polar surface area (TPSA) is 37.4 Å². The van der Waals surface area contributed by atoms with Gasteiger partial charge in [0.15, 0.2) is 0 Å². The van der Waals surface area contributed by atoms with Crippen LogP contribution < -0.4 is 15.0 Å². The second kappa shape index (κ2) is 4.67. The maximum atomic E-state index is 5.92. The Morgan fingerprint density at radius 1 is 1.16 bits per heavy atom. The third-order valence-corrected chi connectivity index (χ3v) is 4.74. The number of nitrogens with zero attached hydrogens (tertiary/aromatic N) is 2. The normalized spacial score (nSPS) is 30.2. The van der Waals surface area contributed by atoms with Crippen LogP contribution in [-0.2, 0) is 0 Å². The first-order valence-corrected chi connectivity index (χ1v) is 7.52. The van der Waals surface area contributed by atoms with Crippen LogP contribution in [0.25, 0.3) is 0 Å². The summed E-state index contributed by atoms with van der Waals surface area (Å²) >= 11 is 0. The average molecular weight is 259 g/mol. The first kappa shape index (κ1) is 11.5. The standard InChI is InChI=1S/C15H21N3O/c1-2-14(3-1)19-15-8-11(6-7-17-15)18-12-4-5-13(18)10-16-9-12/h6-8,12-14,16H,1-5,9-10H2. The molecule has 2 saturated heterocycles. The van der Waals surface area contributed by atoms with Gasteiger partial charge in [0.2, 0.25) is 5.88 Å². The van der Waals surface area contributed by atoms with Gasteiger partial charge in [-0.15, -0.1) is 0 Å². The van der Waals surface area contributed by atoms with Gasteiger partial charge in [0.1, 0.15) is 6.10 Å². The van der Waals surface area contributed by atoms with Crippen LogP contribution >= 0.6 is 0 Å². The number of nitrogens with one attached hydrogen (secondary N) is 1. The van der Waals surface area contributed by atoms with Gasteiger partial charge >= 0.3 is 0 Å². The third-order valence-electron chi connectivity index (χ3n) is 4.74. The van der Waals surface area contributed by atoms with Crippen molar-refractivity contribution >= 4 is 5.69 Å². The van der Waals surface area contributed by atoms with Crippen molar-refractivity contribution in [2.24, 2.45) is 0 Å². The molecule has 3 fully saturated rings. The highest BCUT2D eigenvalue weighted by Gasteiger charge is 2.36. The number of hydrogen-bond acceptors (Lipinski definition) is 4. The van der Waals surface area contributed by atoms with Gasteiger partial charge in [-0.2, -0.15) is 0 Å². The quantitative estimate of drug-likeness (QED) is 0.900. The van der Waals surface area contributed by atoms with Crippen molar-refractivity contribution in [2.75, 3.05) is 18.0 Å². The van der Waals surface area contributed by atoms with E-state index in [0.29, 0.717) is 18.2 Å². The number of hydrogen-bond donors (Lipinski definition) is 1. The minimum Gasteiger partial charge on any atom is -0.474 e. The van der Waals surface area contributed by atoms with E-state index in [1.165, 1.54) is 37.8 Å². The van der Waals surface area contributed by atoms with Crippen molar-refractivity contribution in [1.29, 1.82) is 0 Å². The molecule has 1 aromatic rings. The molecule has 0 amide bonds. The molecule has 0 spiro atoms. The zero-order valence-electron chi connectivity index (χ0n) is 11.2. The number of aromatic nitrogens is 1. The Morgan fingerprint density at radius 2 is 1.95 bits per heavy atom. The summed E-state index contributed by atoms with van der Waals surface area (Å²) in [4.78, 5) is 6.94. The van der Waals surface area contributed by atoms with Crippen LogP contribution in [0.2, 0.25) is 0 Å². The molecule has 2 bridgehead atoms. The lowest BCUT2D eigenvalue weighted by molar-refractivity contribution is 0.114. The summed E-state index contributed by atoms with van der Waals surface area (Å²) in [5.74, 6) is 0.806. The van der Waals surface area contributed by atoms with E-state index in [-0.39, 0.29) is 0 Å². The molecule has 4 nitrogen and oxygen atoms in total. The minimum atomic E-state index is 0.405. The third kappa shape index (κ3) is 2.08. The second-order valence-corrected chi connectivity index (χ2v) is 5.97. The van der Waals surface area contributed by atoms with Gasteiger partial charge in [0.05, 0.1) is 0 Å². The Kier molecular flexibility index (Phi) is 2.84. The molecule has 4 rings (SSSR count). The van der Waals surface area contributed by atoms with Gasteiger partial charge in [0.25, 0.3) is 0 Å². The lowest BCUT2D eigenvalue weighted by Gasteiger charge is -2.37. The summed E-state index contributed by atoms with van der Waals surface area (Å²) in [6, 6.07) is 5.56. The molecular formula is C15H21N3O. The van der Waals surface area contributed by atoms with Gasteiger partial charge in [-0.3, -0.25) is 0 Å². The molecule has 3 aliphatic rings. The van der Waals surface area contributed by atoms with Crippen LogP contribution in [0.1, 0.15) is 32.1 Å². The largest absolute Gasteiger partial charge is 0.474 e. The highest BCUT2D eigenvalue weighted by Crippen LogP contribution is 2.34. The highest BCUT2D eigenvalue weighted by atomic mass is 16.5. The van der Waals surface area contributed by atoms with Crippen molar-refractivity contribution in [3.8, 4) is 5.88 Å². The Labute approximate surface area is 114 Å². The molecule has 1 N–H and O–H groups in total. The fourth-order valence-corrected chi connectivity index (χ4v) is 3.48. The predicted octanol–water partition coefficient (Wildman–Crippen LogP) is 1.95. The van der Waals surface area contributed by atoms with E-state index in [2.05, 4.69) is 27.3 Å². The molecule has 2 unspecified atom stereocenters. The Hall–Kier alpha value is -1.29. The number of pyridine rings is 1. The van der Waals surface area contributed by atoms with Crippen molar-refractivity contribution < 1.29 is 4.74 Å². The number of ether oxygens (including phenoxy) is 1. The summed E-state index contributed by atoms with van der Waals surface area (Å²) in [6.07, 6.45) is 8.58. The zero-order valence-corrected chi connectivity index (χ0v) is 11.2. The van der Waals surface area contributed by atoms with Gasteiger partial charge < -0.3 is 15.0 Å². The van der Waals surface area contributed by atoms with Crippen molar-refractivity contribution in [1.82, 2.24) is 10.3 Å². The molecule has 1 aromatic heterocycles. The Morgan fingerprint density at radius 3 is 2.63 bits per heavy atom. The maximum Gasteiger partial charge on any atom is 0.215 e. The van der Waals surface area contributed by atoms with Crippen molar-refractivity contribution in [2.45, 2.75) is 50.3 Å². The molecule has 0 radical (unpaired) electrons. The zero-order chi connectivity index (χ0) is 12.7. The molecule has 0 aromatic carbocycles. The van der Waals surface area contributed by atoms with Gasteiger partial charge in [-0.25, -0.2) is 4.98 Å². The molecule has 2 aliphatic heterocycles.